The van der Waals surface area contributed by atoms with Gasteiger partial charge in [0.25, 0.3) is 5.91 Å². The lowest BCUT2D eigenvalue weighted by atomic mass is 10.1. The van der Waals surface area contributed by atoms with E-state index in [1.807, 2.05) is 25.1 Å². The molecule has 0 aliphatic carbocycles. The van der Waals surface area contributed by atoms with Crippen LogP contribution < -0.4 is 18.9 Å². The molecule has 0 spiro atoms. The first-order valence-corrected chi connectivity index (χ1v) is 13.7. The minimum Gasteiger partial charge on any atom is -0.497 e. The minimum atomic E-state index is -3.73. The summed E-state index contributed by atoms with van der Waals surface area (Å²) in [6, 6.07) is 12.3. The zero-order valence-electron chi connectivity index (χ0n) is 20.3. The zero-order valence-corrected chi connectivity index (χ0v) is 21.9. The van der Waals surface area contributed by atoms with Gasteiger partial charge in [-0.15, -0.1) is 0 Å². The summed E-state index contributed by atoms with van der Waals surface area (Å²) in [4.78, 5) is 17.6. The fourth-order valence-corrected chi connectivity index (χ4v) is 5.25. The Labute approximate surface area is 218 Å². The molecule has 0 radical (unpaired) electrons. The van der Waals surface area contributed by atoms with Crippen molar-refractivity contribution in [3.63, 3.8) is 0 Å². The second kappa shape index (κ2) is 11.0. The van der Waals surface area contributed by atoms with E-state index < -0.39 is 15.7 Å². The van der Waals surface area contributed by atoms with Crippen LogP contribution in [0.2, 0.25) is 0 Å². The van der Waals surface area contributed by atoms with Gasteiger partial charge in [0.2, 0.25) is 20.2 Å². The highest BCUT2D eigenvalue weighted by Gasteiger charge is 2.41. The normalized spacial score (nSPS) is 16.3. The molecule has 1 amide bonds. The Morgan fingerprint density at radius 3 is 2.54 bits per heavy atom. The molecule has 37 heavy (non-hydrogen) atoms. The van der Waals surface area contributed by atoms with Crippen molar-refractivity contribution in [2.45, 2.75) is 6.92 Å². The number of rotatable bonds is 9. The van der Waals surface area contributed by atoms with Gasteiger partial charge in [-0.3, -0.25) is 10.2 Å². The summed E-state index contributed by atoms with van der Waals surface area (Å²) in [7, 11) is -2.15. The number of hydrogen-bond acceptors (Lipinski definition) is 10. The number of amides is 1. The predicted molar refractivity (Wildman–Crippen MR) is 141 cm³/mol. The maximum atomic E-state index is 12.6. The maximum Gasteiger partial charge on any atom is 0.283 e. The SMILES string of the molecule is CCOc1cc(/C=C2/C(=N)N3C(=NC2=O)SN=C3S(C)(=O)=O)ccc1OCCOc1cccc(OC)c1. The summed E-state index contributed by atoms with van der Waals surface area (Å²) in [5, 5.41) is 8.16. The molecule has 11 nitrogen and oxygen atoms in total. The third-order valence-corrected chi connectivity index (χ3v) is 6.81. The van der Waals surface area contributed by atoms with Crippen LogP contribution in [-0.4, -0.2) is 68.6 Å². The molecule has 4 rings (SSSR count). The van der Waals surface area contributed by atoms with Gasteiger partial charge in [0, 0.05) is 12.3 Å². The van der Waals surface area contributed by atoms with Crippen LogP contribution in [0.15, 0.2) is 57.4 Å². The van der Waals surface area contributed by atoms with Crippen molar-refractivity contribution in [2.24, 2.45) is 9.39 Å². The summed E-state index contributed by atoms with van der Waals surface area (Å²) in [5.41, 5.74) is 0.463. The number of nitrogens with one attached hydrogen (secondary N) is 1. The van der Waals surface area contributed by atoms with E-state index in [0.717, 1.165) is 23.1 Å². The molecule has 2 aliphatic heterocycles. The standard InChI is InChI=1S/C24H24N4O7S2/c1-4-33-20-13-15(8-9-19(20)35-11-10-34-17-7-5-6-16(14-17)32-2)12-18-21(25)28-23(26-22(18)29)36-27-24(28)37(3,30)31/h5-9,12-14,25H,4,10-11H2,1-3H3/b18-12-,25-21?. The lowest BCUT2D eigenvalue weighted by Crippen LogP contribution is -2.45. The molecule has 0 atom stereocenters. The summed E-state index contributed by atoms with van der Waals surface area (Å²) < 4.78 is 50.4. The second-order valence-electron chi connectivity index (χ2n) is 7.69. The van der Waals surface area contributed by atoms with Gasteiger partial charge < -0.3 is 18.9 Å². The van der Waals surface area contributed by atoms with E-state index in [0.29, 0.717) is 35.2 Å². The van der Waals surface area contributed by atoms with E-state index in [9.17, 15) is 13.2 Å². The lowest BCUT2D eigenvalue weighted by Gasteiger charge is -2.23. The number of carbonyl (C=O) groups is 1. The Hall–Kier alpha value is -3.84. The van der Waals surface area contributed by atoms with Crippen LogP contribution in [0.4, 0.5) is 0 Å². The Bertz CT molecular complexity index is 1430. The summed E-state index contributed by atoms with van der Waals surface area (Å²) in [6.45, 7) is 2.74. The van der Waals surface area contributed by atoms with Gasteiger partial charge in [-0.2, -0.15) is 9.39 Å². The van der Waals surface area contributed by atoms with Gasteiger partial charge in [0.1, 0.15) is 30.5 Å². The van der Waals surface area contributed by atoms with Crippen LogP contribution in [0.3, 0.4) is 0 Å². The summed E-state index contributed by atoms with van der Waals surface area (Å²) in [5.74, 6) is 1.27. The van der Waals surface area contributed by atoms with Crippen LogP contribution >= 0.6 is 11.9 Å². The van der Waals surface area contributed by atoms with Gasteiger partial charge in [0.05, 0.1) is 31.2 Å². The van der Waals surface area contributed by atoms with Crippen LogP contribution in [0.25, 0.3) is 6.08 Å². The number of ether oxygens (including phenoxy) is 4. The molecule has 2 aromatic rings. The van der Waals surface area contributed by atoms with E-state index in [-0.39, 0.29) is 35.0 Å². The zero-order chi connectivity index (χ0) is 26.6. The Kier molecular flexibility index (Phi) is 7.83. The van der Waals surface area contributed by atoms with Crippen molar-refractivity contribution in [1.29, 1.82) is 5.41 Å². The van der Waals surface area contributed by atoms with Crippen molar-refractivity contribution in [2.75, 3.05) is 33.2 Å². The van der Waals surface area contributed by atoms with E-state index in [2.05, 4.69) is 9.39 Å². The number of benzene rings is 2. The number of fused-ring (bicyclic) bond motifs is 1. The van der Waals surface area contributed by atoms with Crippen LogP contribution in [0.5, 0.6) is 23.0 Å². The molecule has 194 valence electrons. The largest absolute Gasteiger partial charge is 0.497 e. The van der Waals surface area contributed by atoms with E-state index in [4.69, 9.17) is 24.4 Å². The van der Waals surface area contributed by atoms with Gasteiger partial charge in [-0.05, 0) is 42.8 Å². The summed E-state index contributed by atoms with van der Waals surface area (Å²) in [6.07, 6.45) is 2.43. The molecular weight excluding hydrogens is 520 g/mol. The molecule has 13 heteroatoms. The Morgan fingerprint density at radius 2 is 1.81 bits per heavy atom. The van der Waals surface area contributed by atoms with Crippen molar-refractivity contribution < 1.29 is 32.2 Å². The number of methoxy groups -OCH3 is 1. The average Bonchev–Trinajstić information content (AvgIpc) is 3.30. The molecule has 2 aliphatic rings. The first-order valence-electron chi connectivity index (χ1n) is 11.1. The fourth-order valence-electron chi connectivity index (χ4n) is 3.41. The number of carbonyl (C=O) groups excluding carboxylic acids is 1. The van der Waals surface area contributed by atoms with E-state index in [1.165, 1.54) is 6.08 Å². The highest BCUT2D eigenvalue weighted by atomic mass is 32.2. The molecule has 1 N–H and O–H groups in total. The fraction of sp³-hybridized carbons (Fsp3) is 0.250. The predicted octanol–water partition coefficient (Wildman–Crippen LogP) is 3.17. The number of hydrogen-bond donors (Lipinski definition) is 1. The molecule has 2 heterocycles. The average molecular weight is 545 g/mol. The van der Waals surface area contributed by atoms with E-state index >= 15 is 0 Å². The minimum absolute atomic E-state index is 0.0301. The van der Waals surface area contributed by atoms with Crippen molar-refractivity contribution in [3.8, 4) is 23.0 Å². The molecule has 0 fully saturated rings. The molecule has 0 saturated carbocycles. The summed E-state index contributed by atoms with van der Waals surface area (Å²) >= 11 is 0.741. The lowest BCUT2D eigenvalue weighted by molar-refractivity contribution is -0.114. The van der Waals surface area contributed by atoms with Crippen LogP contribution in [-0.2, 0) is 14.6 Å². The Morgan fingerprint density at radius 1 is 1.05 bits per heavy atom. The number of amidine groups is 3. The first kappa shape index (κ1) is 26.2. The molecule has 0 unspecified atom stereocenters. The van der Waals surface area contributed by atoms with Crippen molar-refractivity contribution in [1.82, 2.24) is 4.90 Å². The van der Waals surface area contributed by atoms with Gasteiger partial charge in [-0.25, -0.2) is 13.3 Å². The Balaban J connectivity index is 1.49. The van der Waals surface area contributed by atoms with E-state index in [1.54, 1.807) is 31.4 Å². The monoisotopic (exact) mass is 544 g/mol. The number of nitrogens with zero attached hydrogens (tertiary/aromatic N) is 3. The van der Waals surface area contributed by atoms with Gasteiger partial charge in [0.15, 0.2) is 11.5 Å². The maximum absolute atomic E-state index is 12.6. The first-order chi connectivity index (χ1) is 17.7. The van der Waals surface area contributed by atoms with Gasteiger partial charge >= 0.3 is 0 Å². The number of sulfone groups is 1. The second-order valence-corrected chi connectivity index (χ2v) is 10.3. The quantitative estimate of drug-likeness (QED) is 0.286. The third-order valence-electron chi connectivity index (χ3n) is 5.06. The van der Waals surface area contributed by atoms with Crippen molar-refractivity contribution in [3.05, 3.63) is 53.6 Å². The third kappa shape index (κ3) is 5.94. The topological polar surface area (TPSA) is 140 Å². The number of aliphatic imine (C=N–C) groups is 1. The highest BCUT2D eigenvalue weighted by molar-refractivity contribution is 8.16. The molecule has 0 bridgehead atoms. The van der Waals surface area contributed by atoms with Crippen molar-refractivity contribution >= 4 is 49.9 Å². The van der Waals surface area contributed by atoms with Gasteiger partial charge in [-0.1, -0.05) is 12.1 Å². The molecular formula is C24H24N4O7S2. The highest BCUT2D eigenvalue weighted by Crippen LogP contribution is 2.32. The van der Waals surface area contributed by atoms with Crippen LogP contribution in [0, 0.1) is 5.41 Å². The smallest absolute Gasteiger partial charge is 0.283 e. The molecule has 2 aromatic carbocycles. The molecule has 0 aromatic heterocycles. The molecule has 0 saturated heterocycles. The van der Waals surface area contributed by atoms with Crippen LogP contribution in [0.1, 0.15) is 12.5 Å².